The van der Waals surface area contributed by atoms with Crippen LogP contribution in [0.25, 0.3) is 11.5 Å². The van der Waals surface area contributed by atoms with Gasteiger partial charge in [0.25, 0.3) is 0 Å². The number of likely N-dealkylation sites (tertiary alicyclic amines) is 1. The standard InChI is InChI=1S/C24H29N3O4/c1-2-4-11-26(10-3-1)12-6-13-27(17-19-8-9-22-23(15-19)30-18-29-22)24-16-20(25-31-24)21-7-5-14-28-21/h5,7-9,14-16H,1-4,6,10-13,17-18H2. The lowest BCUT2D eigenvalue weighted by Gasteiger charge is -2.24. The van der Waals surface area contributed by atoms with E-state index in [1.807, 2.05) is 30.3 Å². The van der Waals surface area contributed by atoms with Gasteiger partial charge in [0.2, 0.25) is 12.7 Å². The Labute approximate surface area is 182 Å². The van der Waals surface area contributed by atoms with Gasteiger partial charge < -0.3 is 28.2 Å². The number of hydrogen-bond donors (Lipinski definition) is 0. The average molecular weight is 424 g/mol. The summed E-state index contributed by atoms with van der Waals surface area (Å²) < 4.78 is 22.2. The van der Waals surface area contributed by atoms with Crippen molar-refractivity contribution in [3.8, 4) is 23.0 Å². The molecule has 0 N–H and O–H groups in total. The SMILES string of the molecule is c1coc(-c2cc(N(CCCN3CCCCCC3)Cc3ccc4c(c3)OCO4)on2)c1. The molecule has 31 heavy (non-hydrogen) atoms. The third kappa shape index (κ3) is 4.88. The average Bonchev–Trinajstić information content (AvgIpc) is 3.53. The molecule has 2 aliphatic heterocycles. The molecule has 1 aromatic carbocycles. The first-order valence-electron chi connectivity index (χ1n) is 11.2. The van der Waals surface area contributed by atoms with Crippen LogP contribution in [-0.4, -0.2) is 43.0 Å². The second-order valence-electron chi connectivity index (χ2n) is 8.25. The Hall–Kier alpha value is -2.93. The third-order valence-electron chi connectivity index (χ3n) is 5.99. The Morgan fingerprint density at radius 2 is 1.84 bits per heavy atom. The number of benzene rings is 1. The number of nitrogens with zero attached hydrogens (tertiary/aromatic N) is 3. The van der Waals surface area contributed by atoms with Gasteiger partial charge >= 0.3 is 0 Å². The van der Waals surface area contributed by atoms with Gasteiger partial charge in [-0.3, -0.25) is 0 Å². The first-order valence-corrected chi connectivity index (χ1v) is 11.2. The molecule has 3 aromatic rings. The summed E-state index contributed by atoms with van der Waals surface area (Å²) in [7, 11) is 0. The lowest BCUT2D eigenvalue weighted by molar-refractivity contribution is 0.174. The Balaban J connectivity index is 1.29. The molecule has 2 aromatic heterocycles. The van der Waals surface area contributed by atoms with E-state index in [9.17, 15) is 0 Å². The number of hydrogen-bond acceptors (Lipinski definition) is 7. The number of aromatic nitrogens is 1. The van der Waals surface area contributed by atoms with Crippen LogP contribution in [0.5, 0.6) is 11.5 Å². The van der Waals surface area contributed by atoms with Gasteiger partial charge in [0.1, 0.15) is 0 Å². The topological polar surface area (TPSA) is 64.1 Å². The number of rotatable bonds is 8. The summed E-state index contributed by atoms with van der Waals surface area (Å²) in [5, 5.41) is 4.22. The largest absolute Gasteiger partial charge is 0.463 e. The molecule has 5 rings (SSSR count). The fourth-order valence-electron chi connectivity index (χ4n) is 4.33. The van der Waals surface area contributed by atoms with Crippen molar-refractivity contribution < 1.29 is 18.4 Å². The van der Waals surface area contributed by atoms with Crippen molar-refractivity contribution in [1.82, 2.24) is 10.1 Å². The minimum absolute atomic E-state index is 0.285. The number of fused-ring (bicyclic) bond motifs is 1. The van der Waals surface area contributed by atoms with Crippen molar-refractivity contribution in [2.75, 3.05) is 37.9 Å². The molecule has 0 bridgehead atoms. The van der Waals surface area contributed by atoms with E-state index < -0.39 is 0 Å². The van der Waals surface area contributed by atoms with Crippen LogP contribution < -0.4 is 14.4 Å². The first-order chi connectivity index (χ1) is 15.3. The molecule has 2 aliphatic rings. The Bertz CT molecular complexity index is 961. The molecule has 0 saturated carbocycles. The quantitative estimate of drug-likeness (QED) is 0.509. The zero-order valence-corrected chi connectivity index (χ0v) is 17.8. The van der Waals surface area contributed by atoms with E-state index in [0.29, 0.717) is 18.0 Å². The highest BCUT2D eigenvalue weighted by Crippen LogP contribution is 2.33. The Morgan fingerprint density at radius 3 is 2.68 bits per heavy atom. The highest BCUT2D eigenvalue weighted by atomic mass is 16.7. The Morgan fingerprint density at radius 1 is 0.968 bits per heavy atom. The normalized spacial score (nSPS) is 16.4. The van der Waals surface area contributed by atoms with E-state index in [0.717, 1.165) is 42.5 Å². The molecule has 1 fully saturated rings. The maximum absolute atomic E-state index is 5.72. The zero-order valence-electron chi connectivity index (χ0n) is 17.8. The van der Waals surface area contributed by atoms with E-state index in [1.165, 1.54) is 38.8 Å². The molecular weight excluding hydrogens is 394 g/mol. The summed E-state index contributed by atoms with van der Waals surface area (Å²) in [6.45, 7) is 5.42. The van der Waals surface area contributed by atoms with Gasteiger partial charge in [-0.1, -0.05) is 24.1 Å². The molecule has 0 aliphatic carbocycles. The number of ether oxygens (including phenoxy) is 2. The van der Waals surface area contributed by atoms with Crippen molar-refractivity contribution >= 4 is 5.88 Å². The van der Waals surface area contributed by atoms with Crippen LogP contribution in [0.15, 0.2) is 51.6 Å². The summed E-state index contributed by atoms with van der Waals surface area (Å²) in [6, 6.07) is 11.8. The first kappa shape index (κ1) is 20.0. The molecule has 164 valence electrons. The van der Waals surface area contributed by atoms with Crippen molar-refractivity contribution in [3.05, 3.63) is 48.2 Å². The summed E-state index contributed by atoms with van der Waals surface area (Å²) in [6.07, 6.45) is 8.07. The Kier molecular flexibility index (Phi) is 6.11. The van der Waals surface area contributed by atoms with Gasteiger partial charge in [0.15, 0.2) is 23.0 Å². The van der Waals surface area contributed by atoms with Crippen LogP contribution >= 0.6 is 0 Å². The zero-order chi connectivity index (χ0) is 20.9. The second-order valence-corrected chi connectivity index (χ2v) is 8.25. The van der Waals surface area contributed by atoms with Crippen molar-refractivity contribution in [1.29, 1.82) is 0 Å². The highest BCUT2D eigenvalue weighted by molar-refractivity contribution is 5.56. The lowest BCUT2D eigenvalue weighted by atomic mass is 10.2. The summed E-state index contributed by atoms with van der Waals surface area (Å²) in [5.41, 5.74) is 1.86. The van der Waals surface area contributed by atoms with E-state index in [-0.39, 0.29) is 6.79 Å². The van der Waals surface area contributed by atoms with Gasteiger partial charge in [0.05, 0.1) is 6.26 Å². The summed E-state index contributed by atoms with van der Waals surface area (Å²) >= 11 is 0. The molecule has 1 saturated heterocycles. The highest BCUT2D eigenvalue weighted by Gasteiger charge is 2.19. The lowest BCUT2D eigenvalue weighted by Crippen LogP contribution is -2.30. The van der Waals surface area contributed by atoms with Crippen LogP contribution in [-0.2, 0) is 6.54 Å². The molecule has 0 atom stereocenters. The number of anilines is 1. The van der Waals surface area contributed by atoms with Gasteiger partial charge in [-0.15, -0.1) is 0 Å². The maximum Gasteiger partial charge on any atom is 0.231 e. The molecule has 7 heteroatoms. The summed E-state index contributed by atoms with van der Waals surface area (Å²) in [4.78, 5) is 4.84. The molecule has 0 radical (unpaired) electrons. The fourth-order valence-corrected chi connectivity index (χ4v) is 4.33. The second kappa shape index (κ2) is 9.47. The van der Waals surface area contributed by atoms with Gasteiger partial charge in [-0.25, -0.2) is 0 Å². The van der Waals surface area contributed by atoms with Crippen LogP contribution in [0, 0.1) is 0 Å². The molecule has 4 heterocycles. The van der Waals surface area contributed by atoms with E-state index >= 15 is 0 Å². The maximum atomic E-state index is 5.72. The van der Waals surface area contributed by atoms with Gasteiger partial charge in [0, 0.05) is 19.2 Å². The molecule has 0 unspecified atom stereocenters. The van der Waals surface area contributed by atoms with E-state index in [2.05, 4.69) is 21.0 Å². The predicted octanol–water partition coefficient (Wildman–Crippen LogP) is 4.94. The van der Waals surface area contributed by atoms with E-state index in [1.54, 1.807) is 6.26 Å². The van der Waals surface area contributed by atoms with Crippen LogP contribution in [0.3, 0.4) is 0 Å². The van der Waals surface area contributed by atoms with Crippen molar-refractivity contribution in [3.63, 3.8) is 0 Å². The molecule has 0 spiro atoms. The smallest absolute Gasteiger partial charge is 0.231 e. The van der Waals surface area contributed by atoms with Gasteiger partial charge in [-0.2, -0.15) is 0 Å². The third-order valence-corrected chi connectivity index (χ3v) is 5.99. The van der Waals surface area contributed by atoms with Crippen molar-refractivity contribution in [2.24, 2.45) is 0 Å². The minimum Gasteiger partial charge on any atom is -0.463 e. The van der Waals surface area contributed by atoms with E-state index in [4.69, 9.17) is 18.4 Å². The van der Waals surface area contributed by atoms with Crippen LogP contribution in [0.2, 0.25) is 0 Å². The van der Waals surface area contributed by atoms with Gasteiger partial charge in [-0.05, 0) is 68.7 Å². The van der Waals surface area contributed by atoms with Crippen molar-refractivity contribution in [2.45, 2.75) is 38.6 Å². The molecule has 0 amide bonds. The number of furan rings is 1. The molecule has 7 nitrogen and oxygen atoms in total. The molecular formula is C24H29N3O4. The van der Waals surface area contributed by atoms with Crippen LogP contribution in [0.4, 0.5) is 5.88 Å². The summed E-state index contributed by atoms with van der Waals surface area (Å²) in [5.74, 6) is 3.06. The van der Waals surface area contributed by atoms with Crippen LogP contribution in [0.1, 0.15) is 37.7 Å². The monoisotopic (exact) mass is 423 g/mol. The fraction of sp³-hybridized carbons (Fsp3) is 0.458. The predicted molar refractivity (Wildman–Crippen MR) is 117 cm³/mol. The minimum atomic E-state index is 0.285.